The Bertz CT molecular complexity index is 611. The maximum Gasteiger partial charge on any atom is 0.305 e. The minimum atomic E-state index is -0.986. The summed E-state index contributed by atoms with van der Waals surface area (Å²) in [7, 11) is 0. The molecule has 0 aromatic heterocycles. The van der Waals surface area contributed by atoms with Gasteiger partial charge in [0.2, 0.25) is 5.91 Å². The maximum atomic E-state index is 11.3. The van der Waals surface area contributed by atoms with Gasteiger partial charge in [0.05, 0.1) is 125 Å². The van der Waals surface area contributed by atoms with E-state index in [-0.39, 0.29) is 31.8 Å². The molecule has 0 saturated carbocycles. The van der Waals surface area contributed by atoms with Crippen molar-refractivity contribution in [2.75, 3.05) is 125 Å². The Kier molecular flexibility index (Phi) is 31.0. The first-order chi connectivity index (χ1) is 20.0. The number of aliphatic carboxylic acids is 2. The van der Waals surface area contributed by atoms with Crippen LogP contribution in [0.3, 0.4) is 0 Å². The number of carbonyl (C=O) groups excluding carboxylic acids is 1. The van der Waals surface area contributed by atoms with Crippen molar-refractivity contribution in [3.05, 3.63) is 0 Å². The lowest BCUT2D eigenvalue weighted by Gasteiger charge is -2.09. The molecule has 15 nitrogen and oxygen atoms in total. The first kappa shape index (κ1) is 39.0. The normalized spacial score (nSPS) is 11.1. The molecule has 0 unspecified atom stereocenters. The summed E-state index contributed by atoms with van der Waals surface area (Å²) in [6, 6.07) is 0. The van der Waals surface area contributed by atoms with Gasteiger partial charge < -0.3 is 58.2 Å². The molecule has 0 aromatic rings. The number of carbonyl (C=O) groups is 3. The minimum Gasteiger partial charge on any atom is -0.481 e. The van der Waals surface area contributed by atoms with Crippen LogP contribution in [-0.4, -0.2) is 154 Å². The quantitative estimate of drug-likeness (QED) is 0.0838. The molecule has 41 heavy (non-hydrogen) atoms. The molecule has 0 fully saturated rings. The average molecular weight is 600 g/mol. The van der Waals surface area contributed by atoms with E-state index in [1.165, 1.54) is 0 Å². The molecule has 0 rings (SSSR count). The number of amides is 1. The lowest BCUT2D eigenvalue weighted by Crippen LogP contribution is -2.25. The van der Waals surface area contributed by atoms with Gasteiger partial charge in [-0.2, -0.15) is 0 Å². The summed E-state index contributed by atoms with van der Waals surface area (Å²) in [4.78, 5) is 32.0. The molecule has 0 aromatic carbocycles. The van der Waals surface area contributed by atoms with Crippen molar-refractivity contribution in [1.29, 1.82) is 0 Å². The molecule has 0 aliphatic carbocycles. The molecule has 0 spiro atoms. The van der Waals surface area contributed by atoms with E-state index in [0.29, 0.717) is 125 Å². The monoisotopic (exact) mass is 599 g/mol. The maximum absolute atomic E-state index is 11.3. The summed E-state index contributed by atoms with van der Waals surface area (Å²) in [5, 5.41) is 19.6. The van der Waals surface area contributed by atoms with Crippen LogP contribution in [0.4, 0.5) is 0 Å². The summed E-state index contributed by atoms with van der Waals surface area (Å²) in [6.45, 7) is 8.30. The second-order valence-corrected chi connectivity index (χ2v) is 8.25. The second-order valence-electron chi connectivity index (χ2n) is 8.25. The predicted octanol–water partition coefficient (Wildman–Crippen LogP) is -0.0184. The van der Waals surface area contributed by atoms with Gasteiger partial charge in [-0.25, -0.2) is 0 Å². The van der Waals surface area contributed by atoms with E-state index in [1.807, 2.05) is 0 Å². The zero-order valence-electron chi connectivity index (χ0n) is 24.1. The van der Waals surface area contributed by atoms with Gasteiger partial charge in [-0.05, 0) is 6.42 Å². The summed E-state index contributed by atoms with van der Waals surface area (Å²) in [5.74, 6) is -2.14. The topological polar surface area (TPSA) is 187 Å². The zero-order valence-corrected chi connectivity index (χ0v) is 24.1. The van der Waals surface area contributed by atoms with E-state index in [4.69, 9.17) is 52.8 Å². The number of ether oxygens (including phenoxy) is 9. The number of carboxylic acid groups (broad SMARTS) is 2. The van der Waals surface area contributed by atoms with E-state index in [2.05, 4.69) is 5.32 Å². The Labute approximate surface area is 242 Å². The van der Waals surface area contributed by atoms with Gasteiger partial charge in [0.15, 0.2) is 0 Å². The van der Waals surface area contributed by atoms with Crippen molar-refractivity contribution in [3.63, 3.8) is 0 Å². The third-order valence-electron chi connectivity index (χ3n) is 4.79. The molecule has 0 atom stereocenters. The fraction of sp³-hybridized carbons (Fsp3) is 0.885. The number of rotatable bonds is 34. The Balaban J connectivity index is 3.09. The molecular formula is C26H49NO14. The van der Waals surface area contributed by atoms with Gasteiger partial charge in [0.25, 0.3) is 0 Å². The highest BCUT2D eigenvalue weighted by Crippen LogP contribution is 1.90. The first-order valence-corrected chi connectivity index (χ1v) is 13.9. The molecular weight excluding hydrogens is 550 g/mol. The number of carboxylic acids is 2. The van der Waals surface area contributed by atoms with Crippen LogP contribution in [0.2, 0.25) is 0 Å². The fourth-order valence-corrected chi connectivity index (χ4v) is 2.73. The van der Waals surface area contributed by atoms with Crippen molar-refractivity contribution < 1.29 is 67.2 Å². The van der Waals surface area contributed by atoms with Gasteiger partial charge in [0.1, 0.15) is 0 Å². The van der Waals surface area contributed by atoms with Crippen molar-refractivity contribution in [3.8, 4) is 0 Å². The Morgan fingerprint density at radius 2 is 0.683 bits per heavy atom. The predicted molar refractivity (Wildman–Crippen MR) is 144 cm³/mol. The lowest BCUT2D eigenvalue weighted by molar-refractivity contribution is -0.139. The van der Waals surface area contributed by atoms with Crippen LogP contribution in [0.15, 0.2) is 0 Å². The highest BCUT2D eigenvalue weighted by molar-refractivity contribution is 5.80. The lowest BCUT2D eigenvalue weighted by atomic mass is 10.3. The van der Waals surface area contributed by atoms with Crippen molar-refractivity contribution in [2.45, 2.75) is 25.7 Å². The molecule has 0 radical (unpaired) electrons. The smallest absolute Gasteiger partial charge is 0.305 e. The van der Waals surface area contributed by atoms with Crippen molar-refractivity contribution in [1.82, 2.24) is 5.32 Å². The molecule has 0 aliphatic heterocycles. The summed E-state index contributed by atoms with van der Waals surface area (Å²) < 4.78 is 48.2. The Hall–Kier alpha value is -1.95. The highest BCUT2D eigenvalue weighted by Gasteiger charge is 2.04. The summed E-state index contributed by atoms with van der Waals surface area (Å²) >= 11 is 0. The second kappa shape index (κ2) is 32.6. The first-order valence-electron chi connectivity index (χ1n) is 13.9. The molecule has 0 saturated heterocycles. The molecule has 0 aliphatic rings. The number of hydrogen-bond acceptors (Lipinski definition) is 12. The van der Waals surface area contributed by atoms with E-state index in [1.54, 1.807) is 0 Å². The molecule has 1 amide bonds. The highest BCUT2D eigenvalue weighted by atomic mass is 16.6. The van der Waals surface area contributed by atoms with E-state index in [9.17, 15) is 14.4 Å². The third-order valence-corrected chi connectivity index (χ3v) is 4.79. The van der Waals surface area contributed by atoms with E-state index in [0.717, 1.165) is 0 Å². The zero-order chi connectivity index (χ0) is 30.1. The van der Waals surface area contributed by atoms with Crippen LogP contribution < -0.4 is 5.32 Å². The average Bonchev–Trinajstić information content (AvgIpc) is 2.94. The van der Waals surface area contributed by atoms with E-state index >= 15 is 0 Å². The van der Waals surface area contributed by atoms with Crippen LogP contribution in [0.1, 0.15) is 25.7 Å². The Morgan fingerprint density at radius 1 is 0.390 bits per heavy atom. The summed E-state index contributed by atoms with van der Waals surface area (Å²) in [6.07, 6.45) is 0.457. The Morgan fingerprint density at radius 3 is 1.00 bits per heavy atom. The van der Waals surface area contributed by atoms with Crippen molar-refractivity contribution in [2.24, 2.45) is 0 Å². The fourth-order valence-electron chi connectivity index (χ4n) is 2.73. The van der Waals surface area contributed by atoms with Crippen molar-refractivity contribution >= 4 is 17.8 Å². The number of hydrogen-bond donors (Lipinski definition) is 3. The molecule has 15 heteroatoms. The van der Waals surface area contributed by atoms with Crippen LogP contribution >= 0.6 is 0 Å². The van der Waals surface area contributed by atoms with Gasteiger partial charge >= 0.3 is 11.9 Å². The molecule has 242 valence electrons. The van der Waals surface area contributed by atoms with Gasteiger partial charge in [-0.3, -0.25) is 14.4 Å². The number of nitrogens with one attached hydrogen (secondary N) is 1. The van der Waals surface area contributed by atoms with Gasteiger partial charge in [0, 0.05) is 19.6 Å². The van der Waals surface area contributed by atoms with Crippen LogP contribution in [-0.2, 0) is 57.0 Å². The van der Waals surface area contributed by atoms with Crippen LogP contribution in [0.5, 0.6) is 0 Å². The van der Waals surface area contributed by atoms with Crippen LogP contribution in [0.25, 0.3) is 0 Å². The summed E-state index contributed by atoms with van der Waals surface area (Å²) in [5.41, 5.74) is 0. The molecule has 0 heterocycles. The molecule has 3 N–H and O–H groups in total. The minimum absolute atomic E-state index is 0.00905. The third kappa shape index (κ3) is 36.0. The molecule has 0 bridgehead atoms. The van der Waals surface area contributed by atoms with Crippen LogP contribution in [0, 0.1) is 0 Å². The van der Waals surface area contributed by atoms with Gasteiger partial charge in [-0.15, -0.1) is 0 Å². The SMILES string of the molecule is O=C(O)CCOCCOCCOCCOCCOCCOCCOCCOCCOCCCNC(=O)CCC(=O)O. The van der Waals surface area contributed by atoms with Gasteiger partial charge in [-0.1, -0.05) is 0 Å². The largest absolute Gasteiger partial charge is 0.481 e. The van der Waals surface area contributed by atoms with E-state index < -0.39 is 11.9 Å². The standard InChI is InChI=1S/C26H49NO14/c28-24(2-3-25(29)30)27-5-1-6-33-8-10-35-12-14-37-16-18-39-20-22-41-23-21-40-19-17-38-15-13-36-11-9-34-7-4-26(31)32/h1-23H2,(H,27,28)(H,29,30)(H,31,32).